The van der Waals surface area contributed by atoms with Gasteiger partial charge in [0.15, 0.2) is 0 Å². The highest BCUT2D eigenvalue weighted by Gasteiger charge is 2.44. The van der Waals surface area contributed by atoms with Crippen LogP contribution in [-0.4, -0.2) is 12.0 Å². The number of Topliss-reactive ketones (excluding diaryl/α,β-unsaturated/α-hetero) is 1. The molecule has 1 aliphatic carbocycles. The van der Waals surface area contributed by atoms with Crippen LogP contribution in [0.2, 0.25) is 0 Å². The van der Waals surface area contributed by atoms with Gasteiger partial charge in [-0.2, -0.15) is 0 Å². The summed E-state index contributed by atoms with van der Waals surface area (Å²) < 4.78 is 0. The summed E-state index contributed by atoms with van der Waals surface area (Å²) in [4.78, 5) is 16.0. The van der Waals surface area contributed by atoms with Crippen molar-refractivity contribution in [3.05, 3.63) is 29.8 Å². The normalized spacial score (nSPS) is 32.1. The van der Waals surface area contributed by atoms with Crippen LogP contribution in [0.5, 0.6) is 0 Å². The standard InChI is InChI=1S/C14H15NO/c1-10-8-11(16)6-7-14(10)9-15-13-5-3-2-4-12(13)14/h2-5,9-10H,6-8H2,1H3. The molecule has 3 rings (SSSR count). The lowest BCUT2D eigenvalue weighted by molar-refractivity contribution is -0.122. The minimum absolute atomic E-state index is 0.0322. The Labute approximate surface area is 95.4 Å². The second-order valence-corrected chi connectivity index (χ2v) is 4.96. The van der Waals surface area contributed by atoms with Gasteiger partial charge in [-0.05, 0) is 24.0 Å². The van der Waals surface area contributed by atoms with Gasteiger partial charge in [-0.3, -0.25) is 9.79 Å². The summed E-state index contributed by atoms with van der Waals surface area (Å²) in [7, 11) is 0. The fourth-order valence-electron chi connectivity index (χ4n) is 3.04. The molecule has 0 aromatic heterocycles. The number of carbonyl (C=O) groups is 1. The lowest BCUT2D eigenvalue weighted by atomic mass is 9.64. The Hall–Kier alpha value is -1.44. The first-order valence-corrected chi connectivity index (χ1v) is 5.89. The van der Waals surface area contributed by atoms with E-state index in [1.165, 1.54) is 5.56 Å². The number of aliphatic imine (C=N–C) groups is 1. The van der Waals surface area contributed by atoms with E-state index < -0.39 is 0 Å². The molecule has 1 saturated carbocycles. The number of rotatable bonds is 0. The second kappa shape index (κ2) is 3.27. The number of ketones is 1. The lowest BCUT2D eigenvalue weighted by Crippen LogP contribution is -2.39. The highest BCUT2D eigenvalue weighted by atomic mass is 16.1. The summed E-state index contributed by atoms with van der Waals surface area (Å²) >= 11 is 0. The molecule has 1 heterocycles. The molecular weight excluding hydrogens is 198 g/mol. The van der Waals surface area contributed by atoms with Gasteiger partial charge in [0.1, 0.15) is 5.78 Å². The van der Waals surface area contributed by atoms with E-state index in [4.69, 9.17) is 0 Å². The summed E-state index contributed by atoms with van der Waals surface area (Å²) in [5.41, 5.74) is 2.43. The largest absolute Gasteiger partial charge is 0.300 e. The van der Waals surface area contributed by atoms with Crippen LogP contribution < -0.4 is 0 Å². The van der Waals surface area contributed by atoms with E-state index in [-0.39, 0.29) is 5.41 Å². The topological polar surface area (TPSA) is 29.4 Å². The molecule has 2 aliphatic rings. The van der Waals surface area contributed by atoms with Gasteiger partial charge in [-0.1, -0.05) is 25.1 Å². The molecule has 0 bridgehead atoms. The SMILES string of the molecule is CC1CC(=O)CCC12C=Nc1ccccc12. The molecule has 0 N–H and O–H groups in total. The zero-order chi connectivity index (χ0) is 11.2. The van der Waals surface area contributed by atoms with E-state index in [0.29, 0.717) is 24.5 Å². The molecule has 0 radical (unpaired) electrons. The number of benzene rings is 1. The van der Waals surface area contributed by atoms with Gasteiger partial charge in [-0.15, -0.1) is 0 Å². The molecule has 1 aliphatic heterocycles. The molecule has 2 atom stereocenters. The predicted octanol–water partition coefficient (Wildman–Crippen LogP) is 3.03. The maximum atomic E-state index is 11.5. The molecule has 2 unspecified atom stereocenters. The van der Waals surface area contributed by atoms with Crippen LogP contribution in [0.1, 0.15) is 31.7 Å². The minimum atomic E-state index is 0.0322. The average molecular weight is 213 g/mol. The van der Waals surface area contributed by atoms with Crippen molar-refractivity contribution in [2.75, 3.05) is 0 Å². The summed E-state index contributed by atoms with van der Waals surface area (Å²) in [6.07, 6.45) is 4.40. The van der Waals surface area contributed by atoms with Gasteiger partial charge >= 0.3 is 0 Å². The minimum Gasteiger partial charge on any atom is -0.300 e. The number of carbonyl (C=O) groups excluding carboxylic acids is 1. The van der Waals surface area contributed by atoms with E-state index in [1.54, 1.807) is 0 Å². The van der Waals surface area contributed by atoms with Crippen LogP contribution >= 0.6 is 0 Å². The molecule has 0 saturated heterocycles. The molecule has 16 heavy (non-hydrogen) atoms. The Kier molecular flexibility index (Phi) is 2.00. The lowest BCUT2D eigenvalue weighted by Gasteiger charge is -2.37. The first kappa shape index (κ1) is 9.76. The molecule has 2 nitrogen and oxygen atoms in total. The Morgan fingerprint density at radius 1 is 1.38 bits per heavy atom. The van der Waals surface area contributed by atoms with E-state index in [1.807, 2.05) is 6.07 Å². The van der Waals surface area contributed by atoms with Gasteiger partial charge in [0.25, 0.3) is 0 Å². The summed E-state index contributed by atoms with van der Waals surface area (Å²) in [5, 5.41) is 0. The molecule has 1 aromatic rings. The molecule has 2 heteroatoms. The average Bonchev–Trinajstić information content (AvgIpc) is 2.65. The van der Waals surface area contributed by atoms with Gasteiger partial charge in [0, 0.05) is 24.5 Å². The number of fused-ring (bicyclic) bond motifs is 2. The van der Waals surface area contributed by atoms with Crippen molar-refractivity contribution in [1.29, 1.82) is 0 Å². The summed E-state index contributed by atoms with van der Waals surface area (Å²) in [6.45, 7) is 2.17. The fourth-order valence-corrected chi connectivity index (χ4v) is 3.04. The van der Waals surface area contributed by atoms with Crippen molar-refractivity contribution >= 4 is 17.7 Å². The zero-order valence-corrected chi connectivity index (χ0v) is 9.44. The molecule has 1 aromatic carbocycles. The summed E-state index contributed by atoms with van der Waals surface area (Å²) in [6, 6.07) is 8.31. The van der Waals surface area contributed by atoms with Gasteiger partial charge in [0.05, 0.1) is 5.69 Å². The van der Waals surface area contributed by atoms with Crippen molar-refractivity contribution in [3.8, 4) is 0 Å². The molecular formula is C14H15NO. The van der Waals surface area contributed by atoms with Crippen LogP contribution in [0, 0.1) is 5.92 Å². The Bertz CT molecular complexity index is 477. The van der Waals surface area contributed by atoms with Crippen LogP contribution in [0.4, 0.5) is 5.69 Å². The molecule has 1 spiro atoms. The zero-order valence-electron chi connectivity index (χ0n) is 9.44. The molecule has 0 amide bonds. The number of nitrogens with zero attached hydrogens (tertiary/aromatic N) is 1. The van der Waals surface area contributed by atoms with E-state index in [2.05, 4.69) is 36.3 Å². The van der Waals surface area contributed by atoms with Crippen molar-refractivity contribution in [1.82, 2.24) is 0 Å². The Morgan fingerprint density at radius 2 is 2.19 bits per heavy atom. The summed E-state index contributed by atoms with van der Waals surface area (Å²) in [5.74, 6) is 0.775. The van der Waals surface area contributed by atoms with E-state index >= 15 is 0 Å². The number of para-hydroxylation sites is 1. The number of hydrogen-bond donors (Lipinski definition) is 0. The first-order chi connectivity index (χ1) is 7.72. The van der Waals surface area contributed by atoms with Crippen LogP contribution in [-0.2, 0) is 10.2 Å². The van der Waals surface area contributed by atoms with Crippen molar-refractivity contribution in [3.63, 3.8) is 0 Å². The smallest absolute Gasteiger partial charge is 0.133 e. The van der Waals surface area contributed by atoms with Crippen molar-refractivity contribution in [2.45, 2.75) is 31.6 Å². The maximum absolute atomic E-state index is 11.5. The van der Waals surface area contributed by atoms with Crippen molar-refractivity contribution in [2.24, 2.45) is 10.9 Å². The Balaban J connectivity index is 2.08. The predicted molar refractivity (Wildman–Crippen MR) is 64.3 cm³/mol. The fraction of sp³-hybridized carbons (Fsp3) is 0.429. The Morgan fingerprint density at radius 3 is 3.00 bits per heavy atom. The van der Waals surface area contributed by atoms with Crippen molar-refractivity contribution < 1.29 is 4.79 Å². The van der Waals surface area contributed by atoms with Gasteiger partial charge in [0.2, 0.25) is 0 Å². The van der Waals surface area contributed by atoms with Gasteiger partial charge < -0.3 is 0 Å². The third-order valence-corrected chi connectivity index (χ3v) is 4.07. The number of hydrogen-bond acceptors (Lipinski definition) is 2. The highest BCUT2D eigenvalue weighted by Crippen LogP contribution is 2.48. The monoisotopic (exact) mass is 213 g/mol. The quantitative estimate of drug-likeness (QED) is 0.651. The van der Waals surface area contributed by atoms with E-state index in [9.17, 15) is 4.79 Å². The second-order valence-electron chi connectivity index (χ2n) is 4.96. The first-order valence-electron chi connectivity index (χ1n) is 5.89. The van der Waals surface area contributed by atoms with Crippen LogP contribution in [0.25, 0.3) is 0 Å². The van der Waals surface area contributed by atoms with Crippen LogP contribution in [0.15, 0.2) is 29.3 Å². The third-order valence-electron chi connectivity index (χ3n) is 4.07. The highest BCUT2D eigenvalue weighted by molar-refractivity contribution is 5.90. The van der Waals surface area contributed by atoms with Gasteiger partial charge in [-0.25, -0.2) is 0 Å². The third kappa shape index (κ3) is 1.19. The molecule has 1 fully saturated rings. The van der Waals surface area contributed by atoms with Crippen LogP contribution in [0.3, 0.4) is 0 Å². The maximum Gasteiger partial charge on any atom is 0.133 e. The molecule has 82 valence electrons. The van der Waals surface area contributed by atoms with E-state index in [0.717, 1.165) is 12.1 Å².